The van der Waals surface area contributed by atoms with Crippen molar-refractivity contribution in [3.05, 3.63) is 15.7 Å². The molecule has 12 heteroatoms. The predicted octanol–water partition coefficient (Wildman–Crippen LogP) is 2.03. The molecule has 0 spiro atoms. The first-order valence-electron chi connectivity index (χ1n) is 7.72. The summed E-state index contributed by atoms with van der Waals surface area (Å²) in [5.41, 5.74) is 0.529. The van der Waals surface area contributed by atoms with Crippen molar-refractivity contribution in [2.45, 2.75) is 44.2 Å². The zero-order valence-corrected chi connectivity index (χ0v) is 15.9. The lowest BCUT2D eigenvalue weighted by molar-refractivity contribution is -0.187. The molecule has 4 atom stereocenters. The van der Waals surface area contributed by atoms with Gasteiger partial charge in [-0.25, -0.2) is 15.0 Å². The third-order valence-corrected chi connectivity index (χ3v) is 4.66. The number of hydrogen-bond acceptors (Lipinski definition) is 9. The minimum Gasteiger partial charge on any atom is -0.394 e. The Balaban J connectivity index is 1.71. The van der Waals surface area contributed by atoms with Crippen molar-refractivity contribution in [1.29, 1.82) is 0 Å². The molecule has 0 radical (unpaired) electrons. The molecule has 140 valence electrons. The van der Waals surface area contributed by atoms with E-state index in [1.807, 2.05) is 0 Å². The van der Waals surface area contributed by atoms with Crippen LogP contribution in [-0.2, 0) is 14.2 Å². The number of hydrogen-bond donors (Lipinski definition) is 2. The molecule has 0 amide bonds. The predicted molar refractivity (Wildman–Crippen MR) is 93.4 cm³/mol. The zero-order chi connectivity index (χ0) is 18.6. The lowest BCUT2D eigenvalue weighted by Gasteiger charge is -2.24. The largest absolute Gasteiger partial charge is 0.394 e. The van der Waals surface area contributed by atoms with Gasteiger partial charge in [0.2, 0.25) is 10.6 Å². The van der Waals surface area contributed by atoms with Gasteiger partial charge in [-0.1, -0.05) is 11.6 Å². The van der Waals surface area contributed by atoms with Crippen LogP contribution in [0.15, 0.2) is 0 Å². The molecule has 0 bridgehead atoms. The number of anilines is 1. The number of ether oxygens (including phenoxy) is 3. The van der Waals surface area contributed by atoms with Crippen LogP contribution in [0.3, 0.4) is 0 Å². The van der Waals surface area contributed by atoms with Gasteiger partial charge in [0.05, 0.1) is 6.61 Å². The van der Waals surface area contributed by atoms with E-state index >= 15 is 0 Å². The van der Waals surface area contributed by atoms with Crippen LogP contribution in [0.4, 0.5) is 5.82 Å². The lowest BCUT2D eigenvalue weighted by atomic mass is 10.1. The van der Waals surface area contributed by atoms with Crippen LogP contribution in [0.5, 0.6) is 0 Å². The highest BCUT2D eigenvalue weighted by Crippen LogP contribution is 2.39. The minimum absolute atomic E-state index is 0.0485. The number of nitrogens with one attached hydrogen (secondary N) is 1. The Kier molecular flexibility index (Phi) is 4.59. The fourth-order valence-electron chi connectivity index (χ4n) is 3.11. The van der Waals surface area contributed by atoms with E-state index in [0.29, 0.717) is 0 Å². The number of aromatic nitrogens is 4. The molecule has 0 aromatic carbocycles. The normalized spacial score (nSPS) is 29.9. The first-order valence-corrected chi connectivity index (χ1v) is 8.85. The van der Waals surface area contributed by atoms with Crippen LogP contribution in [0.2, 0.25) is 15.7 Å². The molecular formula is C14H14Cl3N5O4. The maximum atomic E-state index is 9.57. The molecule has 0 unspecified atom stereocenters. The quantitative estimate of drug-likeness (QED) is 0.567. The van der Waals surface area contributed by atoms with Gasteiger partial charge in [-0.15, -0.1) is 0 Å². The molecule has 2 aliphatic heterocycles. The van der Waals surface area contributed by atoms with E-state index in [9.17, 15) is 5.11 Å². The van der Waals surface area contributed by atoms with Gasteiger partial charge in [-0.05, 0) is 37.0 Å². The highest BCUT2D eigenvalue weighted by molar-refractivity contribution is 6.36. The van der Waals surface area contributed by atoms with Gasteiger partial charge in [0.25, 0.3) is 0 Å². The molecule has 26 heavy (non-hydrogen) atoms. The molecule has 4 rings (SSSR count). The van der Waals surface area contributed by atoms with E-state index in [-0.39, 0.29) is 39.2 Å². The fourth-order valence-corrected chi connectivity index (χ4v) is 3.70. The van der Waals surface area contributed by atoms with E-state index < -0.39 is 30.3 Å². The van der Waals surface area contributed by atoms with Crippen molar-refractivity contribution in [3.63, 3.8) is 0 Å². The van der Waals surface area contributed by atoms with Crippen LogP contribution < -0.4 is 5.32 Å². The Labute approximate surface area is 162 Å². The number of aliphatic hydroxyl groups is 1. The Morgan fingerprint density at radius 2 is 1.65 bits per heavy atom. The molecule has 0 aliphatic carbocycles. The average Bonchev–Trinajstić information content (AvgIpc) is 3.02. The number of aliphatic hydroxyl groups excluding tert-OH is 1. The number of nitrogens with zero attached hydrogens (tertiary/aromatic N) is 4. The van der Waals surface area contributed by atoms with Crippen molar-refractivity contribution < 1.29 is 19.3 Å². The van der Waals surface area contributed by atoms with Gasteiger partial charge in [0, 0.05) is 0 Å². The first-order chi connectivity index (χ1) is 12.3. The van der Waals surface area contributed by atoms with Crippen molar-refractivity contribution >= 4 is 51.7 Å². The second-order valence-corrected chi connectivity index (χ2v) is 7.34. The summed E-state index contributed by atoms with van der Waals surface area (Å²) in [4.78, 5) is 16.1. The third kappa shape index (κ3) is 3.18. The average molecular weight is 423 g/mol. The molecule has 2 aromatic heterocycles. The van der Waals surface area contributed by atoms with Crippen molar-refractivity contribution in [2.75, 3.05) is 11.9 Å². The summed E-state index contributed by atoms with van der Waals surface area (Å²) in [6.07, 6.45) is -2.12. The molecule has 2 fully saturated rings. The van der Waals surface area contributed by atoms with Gasteiger partial charge in [-0.3, -0.25) is 0 Å². The summed E-state index contributed by atoms with van der Waals surface area (Å²) in [7, 11) is 0. The van der Waals surface area contributed by atoms with E-state index in [0.717, 1.165) is 0 Å². The summed E-state index contributed by atoms with van der Waals surface area (Å²) >= 11 is 18.0. The van der Waals surface area contributed by atoms with Gasteiger partial charge in [0.1, 0.15) is 29.3 Å². The van der Waals surface area contributed by atoms with E-state index in [1.54, 1.807) is 13.8 Å². The zero-order valence-electron chi connectivity index (χ0n) is 13.6. The monoisotopic (exact) mass is 421 g/mol. The standard InChI is InChI=1S/C14H14Cl3N5O4/c1-14(2)25-7-4(3-23)24-11(8(7)26-14)21-10-6-5(18-13(17)22-10)9(15)20-12(16)19-6/h4,7-8,11,23H,3H2,1-2H3,(H,18,21,22)/t4-,7-,8-,11-/m1/s1. The molecule has 2 saturated heterocycles. The molecule has 2 N–H and O–H groups in total. The Morgan fingerprint density at radius 3 is 2.38 bits per heavy atom. The maximum absolute atomic E-state index is 9.57. The fraction of sp³-hybridized carbons (Fsp3) is 0.571. The van der Waals surface area contributed by atoms with E-state index in [1.165, 1.54) is 0 Å². The first kappa shape index (κ1) is 18.3. The number of halogens is 3. The van der Waals surface area contributed by atoms with Crippen LogP contribution in [0, 0.1) is 0 Å². The topological polar surface area (TPSA) is 112 Å². The van der Waals surface area contributed by atoms with Crippen molar-refractivity contribution in [1.82, 2.24) is 19.9 Å². The van der Waals surface area contributed by atoms with Crippen LogP contribution in [0.25, 0.3) is 11.0 Å². The van der Waals surface area contributed by atoms with E-state index in [2.05, 4.69) is 25.3 Å². The van der Waals surface area contributed by atoms with Gasteiger partial charge in [-0.2, -0.15) is 4.98 Å². The van der Waals surface area contributed by atoms with Crippen molar-refractivity contribution in [3.8, 4) is 0 Å². The van der Waals surface area contributed by atoms with Crippen molar-refractivity contribution in [2.24, 2.45) is 0 Å². The molecule has 9 nitrogen and oxygen atoms in total. The number of rotatable bonds is 3. The van der Waals surface area contributed by atoms with Gasteiger partial charge >= 0.3 is 0 Å². The summed E-state index contributed by atoms with van der Waals surface area (Å²) < 4.78 is 17.5. The van der Waals surface area contributed by atoms with Crippen LogP contribution in [0.1, 0.15) is 13.8 Å². The Bertz CT molecular complexity index is 870. The third-order valence-electron chi connectivity index (χ3n) is 4.06. The van der Waals surface area contributed by atoms with Gasteiger partial charge < -0.3 is 24.6 Å². The molecule has 2 aromatic rings. The maximum Gasteiger partial charge on any atom is 0.225 e. The highest BCUT2D eigenvalue weighted by Gasteiger charge is 2.55. The lowest BCUT2D eigenvalue weighted by Crippen LogP contribution is -2.35. The van der Waals surface area contributed by atoms with E-state index in [4.69, 9.17) is 49.0 Å². The van der Waals surface area contributed by atoms with Gasteiger partial charge in [0.15, 0.2) is 23.0 Å². The summed E-state index contributed by atoms with van der Waals surface area (Å²) in [5.74, 6) is -0.547. The second kappa shape index (κ2) is 6.52. The van der Waals surface area contributed by atoms with Crippen LogP contribution in [-0.4, -0.2) is 62.0 Å². The highest BCUT2D eigenvalue weighted by atomic mass is 35.5. The molecular weight excluding hydrogens is 409 g/mol. The summed E-state index contributed by atoms with van der Waals surface area (Å²) in [6.45, 7) is 3.37. The minimum atomic E-state index is -0.799. The SMILES string of the molecule is CC1(C)O[C@@H]2[C@H](O1)[C@@H](CO)O[C@H]2Nc1nc(Cl)nc2c(Cl)nc(Cl)nc12. The Morgan fingerprint density at radius 1 is 1.00 bits per heavy atom. The Hall–Kier alpha value is -1.07. The molecule has 4 heterocycles. The second-order valence-electron chi connectivity index (χ2n) is 6.31. The summed E-state index contributed by atoms with van der Waals surface area (Å²) in [6, 6.07) is 0. The summed E-state index contributed by atoms with van der Waals surface area (Å²) in [5, 5.41) is 12.6. The van der Waals surface area contributed by atoms with Crippen LogP contribution >= 0.6 is 34.8 Å². The molecule has 0 saturated carbocycles. The smallest absolute Gasteiger partial charge is 0.225 e. The molecule has 2 aliphatic rings. The number of fused-ring (bicyclic) bond motifs is 2.